The summed E-state index contributed by atoms with van der Waals surface area (Å²) < 4.78 is 0. The van der Waals surface area contributed by atoms with Crippen LogP contribution in [0.2, 0.25) is 0 Å². The van der Waals surface area contributed by atoms with E-state index >= 15 is 0 Å². The highest BCUT2D eigenvalue weighted by Gasteiger charge is 2.28. The number of nitrogens with one attached hydrogen (secondary N) is 1. The van der Waals surface area contributed by atoms with Gasteiger partial charge in [-0.1, -0.05) is 13.8 Å². The summed E-state index contributed by atoms with van der Waals surface area (Å²) in [6.07, 6.45) is 0.633. The van der Waals surface area contributed by atoms with Gasteiger partial charge in [-0.25, -0.2) is 4.79 Å². The minimum absolute atomic E-state index is 0.0289. The second kappa shape index (κ2) is 4.20. The van der Waals surface area contributed by atoms with Crippen molar-refractivity contribution in [3.8, 4) is 0 Å². The van der Waals surface area contributed by atoms with E-state index in [0.29, 0.717) is 25.1 Å². The fourth-order valence-electron chi connectivity index (χ4n) is 2.03. The van der Waals surface area contributed by atoms with Crippen LogP contribution in [0.15, 0.2) is 0 Å². The average molecular weight is 237 g/mol. The van der Waals surface area contributed by atoms with E-state index in [1.807, 2.05) is 13.8 Å². The number of aromatic nitrogens is 2. The molecular weight excluding hydrogens is 222 g/mol. The Balaban J connectivity index is 2.25. The third-order valence-electron chi connectivity index (χ3n) is 2.94. The van der Waals surface area contributed by atoms with Crippen LogP contribution in [0, 0.1) is 5.92 Å². The van der Waals surface area contributed by atoms with E-state index < -0.39 is 5.97 Å². The summed E-state index contributed by atoms with van der Waals surface area (Å²) in [5.74, 6) is -1.08. The summed E-state index contributed by atoms with van der Waals surface area (Å²) in [4.78, 5) is 24.5. The molecule has 0 spiro atoms. The molecule has 6 heteroatoms. The molecule has 0 saturated carbocycles. The molecule has 0 aliphatic carbocycles. The molecule has 2 rings (SSSR count). The van der Waals surface area contributed by atoms with Crippen LogP contribution in [0.25, 0.3) is 0 Å². The number of hydrogen-bond acceptors (Lipinski definition) is 3. The lowest BCUT2D eigenvalue weighted by atomic mass is 10.0. The zero-order valence-corrected chi connectivity index (χ0v) is 9.86. The van der Waals surface area contributed by atoms with E-state index in [9.17, 15) is 9.59 Å². The maximum Gasteiger partial charge on any atom is 0.356 e. The molecule has 2 heterocycles. The molecule has 0 saturated heterocycles. The van der Waals surface area contributed by atoms with Gasteiger partial charge in [-0.05, 0) is 0 Å². The topological polar surface area (TPSA) is 86.3 Å². The van der Waals surface area contributed by atoms with Crippen LogP contribution in [-0.4, -0.2) is 38.6 Å². The Labute approximate surface area is 98.6 Å². The molecule has 17 heavy (non-hydrogen) atoms. The summed E-state index contributed by atoms with van der Waals surface area (Å²) >= 11 is 0. The van der Waals surface area contributed by atoms with Gasteiger partial charge in [0.1, 0.15) is 0 Å². The van der Waals surface area contributed by atoms with Crippen LogP contribution in [0.4, 0.5) is 0 Å². The van der Waals surface area contributed by atoms with E-state index in [1.54, 1.807) is 4.90 Å². The van der Waals surface area contributed by atoms with Crippen LogP contribution in [0.5, 0.6) is 0 Å². The van der Waals surface area contributed by atoms with Gasteiger partial charge in [0.25, 0.3) is 0 Å². The molecule has 1 aliphatic heterocycles. The first kappa shape index (κ1) is 11.6. The Kier molecular flexibility index (Phi) is 2.87. The van der Waals surface area contributed by atoms with Crippen LogP contribution in [0.1, 0.15) is 35.6 Å². The largest absolute Gasteiger partial charge is 0.476 e. The number of carboxylic acids is 1. The number of carboxylic acid groups (broad SMARTS) is 1. The molecule has 6 nitrogen and oxygen atoms in total. The van der Waals surface area contributed by atoms with E-state index in [2.05, 4.69) is 10.2 Å². The first-order chi connectivity index (χ1) is 8.00. The van der Waals surface area contributed by atoms with Crippen molar-refractivity contribution in [2.24, 2.45) is 5.92 Å². The maximum absolute atomic E-state index is 11.9. The highest BCUT2D eigenvalue weighted by atomic mass is 16.4. The molecule has 1 aromatic heterocycles. The summed E-state index contributed by atoms with van der Waals surface area (Å²) in [6.45, 7) is 4.63. The monoisotopic (exact) mass is 237 g/mol. The lowest BCUT2D eigenvalue weighted by Crippen LogP contribution is -2.38. The van der Waals surface area contributed by atoms with Gasteiger partial charge in [0, 0.05) is 36.7 Å². The number of carbonyl (C=O) groups excluding carboxylic acids is 1. The fourth-order valence-corrected chi connectivity index (χ4v) is 2.03. The number of nitrogens with zero attached hydrogens (tertiary/aromatic N) is 2. The van der Waals surface area contributed by atoms with Gasteiger partial charge in [0.2, 0.25) is 5.91 Å². The van der Waals surface area contributed by atoms with Gasteiger partial charge in [-0.15, -0.1) is 0 Å². The quantitative estimate of drug-likeness (QED) is 0.790. The number of rotatable bonds is 2. The first-order valence-electron chi connectivity index (χ1n) is 5.59. The number of amides is 1. The van der Waals surface area contributed by atoms with Crippen molar-refractivity contribution in [2.45, 2.75) is 26.8 Å². The van der Waals surface area contributed by atoms with Crippen LogP contribution in [0.3, 0.4) is 0 Å². The number of aromatic carboxylic acids is 1. The molecule has 0 fully saturated rings. The zero-order chi connectivity index (χ0) is 12.6. The van der Waals surface area contributed by atoms with Crippen molar-refractivity contribution in [3.63, 3.8) is 0 Å². The Hall–Kier alpha value is -1.85. The van der Waals surface area contributed by atoms with Gasteiger partial charge in [-0.2, -0.15) is 5.10 Å². The first-order valence-corrected chi connectivity index (χ1v) is 5.59. The van der Waals surface area contributed by atoms with Gasteiger partial charge in [-0.3, -0.25) is 9.89 Å². The molecule has 1 aromatic rings. The molecule has 0 aromatic carbocycles. The number of carbonyl (C=O) groups is 2. The predicted molar refractivity (Wildman–Crippen MR) is 59.5 cm³/mol. The van der Waals surface area contributed by atoms with Crippen molar-refractivity contribution >= 4 is 11.9 Å². The minimum Gasteiger partial charge on any atom is -0.476 e. The summed E-state index contributed by atoms with van der Waals surface area (Å²) in [5.41, 5.74) is 1.49. The summed E-state index contributed by atoms with van der Waals surface area (Å²) in [5, 5.41) is 15.5. The van der Waals surface area contributed by atoms with E-state index in [0.717, 1.165) is 5.69 Å². The molecule has 92 valence electrons. The highest BCUT2D eigenvalue weighted by molar-refractivity contribution is 5.88. The van der Waals surface area contributed by atoms with Gasteiger partial charge in [0.15, 0.2) is 5.69 Å². The SMILES string of the molecule is CC(C)C(=O)N1CCc2[nH]nc(C(=O)O)c2C1. The van der Waals surface area contributed by atoms with Crippen molar-refractivity contribution in [1.29, 1.82) is 0 Å². The Morgan fingerprint density at radius 3 is 2.76 bits per heavy atom. The molecule has 1 amide bonds. The fraction of sp³-hybridized carbons (Fsp3) is 0.545. The van der Waals surface area contributed by atoms with E-state index in [1.165, 1.54) is 0 Å². The van der Waals surface area contributed by atoms with Crippen LogP contribution in [-0.2, 0) is 17.8 Å². The third-order valence-corrected chi connectivity index (χ3v) is 2.94. The molecular formula is C11H15N3O3. The molecule has 0 unspecified atom stereocenters. The van der Waals surface area contributed by atoms with Gasteiger partial charge >= 0.3 is 5.97 Å². The van der Waals surface area contributed by atoms with E-state index in [4.69, 9.17) is 5.11 Å². The second-order valence-electron chi connectivity index (χ2n) is 4.50. The summed E-state index contributed by atoms with van der Waals surface area (Å²) in [6, 6.07) is 0. The normalized spacial score (nSPS) is 14.9. The Bertz CT molecular complexity index is 465. The van der Waals surface area contributed by atoms with Crippen molar-refractivity contribution in [3.05, 3.63) is 17.0 Å². The van der Waals surface area contributed by atoms with Gasteiger partial charge < -0.3 is 10.0 Å². The zero-order valence-electron chi connectivity index (χ0n) is 9.86. The molecule has 0 radical (unpaired) electrons. The molecule has 2 N–H and O–H groups in total. The molecule has 0 atom stereocenters. The van der Waals surface area contributed by atoms with Crippen LogP contribution >= 0.6 is 0 Å². The van der Waals surface area contributed by atoms with Crippen molar-refractivity contribution in [1.82, 2.24) is 15.1 Å². The third kappa shape index (κ3) is 2.02. The van der Waals surface area contributed by atoms with E-state index in [-0.39, 0.29) is 17.5 Å². The summed E-state index contributed by atoms with van der Waals surface area (Å²) in [7, 11) is 0. The van der Waals surface area contributed by atoms with Crippen molar-refractivity contribution < 1.29 is 14.7 Å². The average Bonchev–Trinajstić information content (AvgIpc) is 2.70. The smallest absolute Gasteiger partial charge is 0.356 e. The second-order valence-corrected chi connectivity index (χ2v) is 4.50. The van der Waals surface area contributed by atoms with Crippen molar-refractivity contribution in [2.75, 3.05) is 6.54 Å². The number of hydrogen-bond donors (Lipinski definition) is 2. The number of aromatic amines is 1. The Morgan fingerprint density at radius 1 is 1.47 bits per heavy atom. The number of fused-ring (bicyclic) bond motifs is 1. The minimum atomic E-state index is -1.05. The maximum atomic E-state index is 11.9. The Morgan fingerprint density at radius 2 is 2.18 bits per heavy atom. The molecule has 1 aliphatic rings. The standard InChI is InChI=1S/C11H15N3O3/c1-6(2)10(15)14-4-3-8-7(5-14)9(11(16)17)13-12-8/h6H,3-5H2,1-2H3,(H,12,13)(H,16,17). The van der Waals surface area contributed by atoms with Crippen LogP contribution < -0.4 is 0 Å². The lowest BCUT2D eigenvalue weighted by Gasteiger charge is -2.28. The number of H-pyrrole nitrogens is 1. The predicted octanol–water partition coefficient (Wildman–Crippen LogP) is 0.649. The highest BCUT2D eigenvalue weighted by Crippen LogP contribution is 2.21. The lowest BCUT2D eigenvalue weighted by molar-refractivity contribution is -0.135. The van der Waals surface area contributed by atoms with Gasteiger partial charge in [0.05, 0.1) is 0 Å². The molecule has 0 bridgehead atoms.